The maximum absolute atomic E-state index is 13.6. The lowest BCUT2D eigenvalue weighted by atomic mass is 10.2. The number of benzene rings is 1. The largest absolute Gasteiger partial charge is 0.309 e. The smallest absolute Gasteiger partial charge is 0.200 e. The van der Waals surface area contributed by atoms with Gasteiger partial charge in [0.25, 0.3) is 0 Å². The summed E-state index contributed by atoms with van der Waals surface area (Å²) in [5, 5.41) is 9.97. The van der Waals surface area contributed by atoms with Crippen LogP contribution >= 0.6 is 0 Å². The maximum atomic E-state index is 13.6. The van der Waals surface area contributed by atoms with Crippen LogP contribution in [0.3, 0.4) is 0 Å². The Morgan fingerprint density at radius 2 is 1.52 bits per heavy atom. The number of nitrogens with one attached hydrogen (secondary N) is 1. The second kappa shape index (κ2) is 5.76. The van der Waals surface area contributed by atoms with E-state index in [2.05, 4.69) is 15.6 Å². The molecule has 0 saturated heterocycles. The van der Waals surface area contributed by atoms with Gasteiger partial charge in [-0.1, -0.05) is 19.1 Å². The van der Waals surface area contributed by atoms with Crippen molar-refractivity contribution in [1.29, 1.82) is 0 Å². The molecule has 2 aromatic rings. The van der Waals surface area contributed by atoms with E-state index in [1.165, 1.54) is 0 Å². The molecule has 0 aliphatic heterocycles. The minimum Gasteiger partial charge on any atom is -0.309 e. The Morgan fingerprint density at radius 3 is 2.05 bits per heavy atom. The Bertz CT molecular complexity index is 639. The highest BCUT2D eigenvalue weighted by molar-refractivity contribution is 5.36. The number of hydrogen-bond donors (Lipinski definition) is 1. The molecule has 0 aliphatic carbocycles. The van der Waals surface area contributed by atoms with Gasteiger partial charge in [-0.25, -0.2) is 26.6 Å². The molecule has 1 N–H and O–H groups in total. The quantitative estimate of drug-likeness (QED) is 0.536. The summed E-state index contributed by atoms with van der Waals surface area (Å²) in [4.78, 5) is 0. The van der Waals surface area contributed by atoms with Gasteiger partial charge >= 0.3 is 0 Å². The Kier molecular flexibility index (Phi) is 4.21. The molecule has 0 fully saturated rings. The molecule has 4 nitrogen and oxygen atoms in total. The normalized spacial score (nSPS) is 11.4. The lowest BCUT2D eigenvalue weighted by Gasteiger charge is -2.07. The van der Waals surface area contributed by atoms with E-state index in [0.717, 1.165) is 6.20 Å². The van der Waals surface area contributed by atoms with Crippen molar-refractivity contribution in [3.8, 4) is 5.69 Å². The van der Waals surface area contributed by atoms with E-state index in [4.69, 9.17) is 0 Å². The number of aromatic nitrogens is 3. The Balaban J connectivity index is 2.43. The first-order valence-electron chi connectivity index (χ1n) is 5.99. The first-order chi connectivity index (χ1) is 9.82. The Morgan fingerprint density at radius 1 is 1.00 bits per heavy atom. The van der Waals surface area contributed by atoms with Gasteiger partial charge in [0.1, 0.15) is 5.69 Å². The average Bonchev–Trinajstić information content (AvgIpc) is 2.89. The summed E-state index contributed by atoms with van der Waals surface area (Å²) >= 11 is 0. The van der Waals surface area contributed by atoms with E-state index >= 15 is 0 Å². The molecule has 0 unspecified atom stereocenters. The van der Waals surface area contributed by atoms with Crippen LogP contribution in [-0.2, 0) is 6.54 Å². The summed E-state index contributed by atoms with van der Waals surface area (Å²) in [6.07, 6.45) is 1.09. The molecule has 1 aromatic heterocycles. The van der Waals surface area contributed by atoms with Gasteiger partial charge < -0.3 is 5.32 Å². The fraction of sp³-hybridized carbons (Fsp3) is 0.333. The van der Waals surface area contributed by atoms with Crippen LogP contribution in [0.2, 0.25) is 0 Å². The van der Waals surface area contributed by atoms with Crippen LogP contribution in [0.15, 0.2) is 6.20 Å². The lowest BCUT2D eigenvalue weighted by molar-refractivity contribution is 0.373. The second-order valence-corrected chi connectivity index (χ2v) is 4.61. The minimum absolute atomic E-state index is 0.129. The van der Waals surface area contributed by atoms with Crippen molar-refractivity contribution in [1.82, 2.24) is 20.3 Å². The van der Waals surface area contributed by atoms with E-state index < -0.39 is 34.8 Å². The Hall–Kier alpha value is -2.03. The van der Waals surface area contributed by atoms with Crippen molar-refractivity contribution < 1.29 is 22.0 Å². The van der Waals surface area contributed by atoms with Gasteiger partial charge in [0.2, 0.25) is 5.82 Å². The molecule has 0 amide bonds. The topological polar surface area (TPSA) is 42.7 Å². The van der Waals surface area contributed by atoms with E-state index in [1.54, 1.807) is 0 Å². The van der Waals surface area contributed by atoms with Crippen LogP contribution < -0.4 is 5.32 Å². The zero-order valence-corrected chi connectivity index (χ0v) is 11.1. The van der Waals surface area contributed by atoms with E-state index in [9.17, 15) is 22.0 Å². The summed E-state index contributed by atoms with van der Waals surface area (Å²) in [5.41, 5.74) is -0.859. The van der Waals surface area contributed by atoms with Gasteiger partial charge in [0, 0.05) is 12.6 Å². The molecule has 0 atom stereocenters. The first kappa shape index (κ1) is 15.4. The molecule has 0 radical (unpaired) electrons. The molecule has 114 valence electrons. The SMILES string of the molecule is CC(C)NCc1cn(-c2c(F)c(F)c(F)c(F)c2F)nn1. The van der Waals surface area contributed by atoms with E-state index in [0.29, 0.717) is 10.4 Å². The third-order valence-corrected chi connectivity index (χ3v) is 2.65. The summed E-state index contributed by atoms with van der Waals surface area (Å²) in [7, 11) is 0. The molecule has 1 heterocycles. The Labute approximate surface area is 116 Å². The molecule has 1 aromatic carbocycles. The average molecular weight is 306 g/mol. The minimum atomic E-state index is -2.21. The van der Waals surface area contributed by atoms with Gasteiger partial charge in [-0.05, 0) is 0 Å². The number of halogens is 5. The molecule has 0 spiro atoms. The summed E-state index contributed by atoms with van der Waals surface area (Å²) in [5.74, 6) is -10.2. The molecule has 2 rings (SSSR count). The number of rotatable bonds is 4. The van der Waals surface area contributed by atoms with Crippen LogP contribution in [0.5, 0.6) is 0 Å². The predicted molar refractivity (Wildman–Crippen MR) is 63.1 cm³/mol. The molecule has 21 heavy (non-hydrogen) atoms. The molecule has 0 saturated carbocycles. The van der Waals surface area contributed by atoms with E-state index in [1.807, 2.05) is 13.8 Å². The van der Waals surface area contributed by atoms with Crippen LogP contribution in [-0.4, -0.2) is 21.0 Å². The molecular weight excluding hydrogens is 295 g/mol. The van der Waals surface area contributed by atoms with Crippen molar-refractivity contribution in [2.45, 2.75) is 26.4 Å². The van der Waals surface area contributed by atoms with Crippen LogP contribution in [0, 0.1) is 29.1 Å². The van der Waals surface area contributed by atoms with Gasteiger partial charge in [-0.3, -0.25) is 0 Å². The lowest BCUT2D eigenvalue weighted by Crippen LogP contribution is -2.21. The fourth-order valence-electron chi connectivity index (χ4n) is 1.59. The third kappa shape index (κ3) is 2.87. The van der Waals surface area contributed by atoms with Crippen molar-refractivity contribution in [3.05, 3.63) is 41.0 Å². The second-order valence-electron chi connectivity index (χ2n) is 4.61. The van der Waals surface area contributed by atoms with Crippen LogP contribution in [0.1, 0.15) is 19.5 Å². The van der Waals surface area contributed by atoms with Crippen molar-refractivity contribution in [2.24, 2.45) is 0 Å². The van der Waals surface area contributed by atoms with Crippen molar-refractivity contribution in [2.75, 3.05) is 0 Å². The van der Waals surface area contributed by atoms with Crippen LogP contribution in [0.25, 0.3) is 5.69 Å². The number of nitrogens with zero attached hydrogens (tertiary/aromatic N) is 3. The molecule has 0 aliphatic rings. The zero-order valence-electron chi connectivity index (χ0n) is 11.1. The maximum Gasteiger partial charge on any atom is 0.200 e. The zero-order chi connectivity index (χ0) is 15.7. The monoisotopic (exact) mass is 306 g/mol. The van der Waals surface area contributed by atoms with E-state index in [-0.39, 0.29) is 12.6 Å². The third-order valence-electron chi connectivity index (χ3n) is 2.65. The fourth-order valence-corrected chi connectivity index (χ4v) is 1.59. The van der Waals surface area contributed by atoms with Gasteiger partial charge in [-0.2, -0.15) is 0 Å². The summed E-state index contributed by atoms with van der Waals surface area (Å²) < 4.78 is 66.9. The molecule has 0 bridgehead atoms. The van der Waals surface area contributed by atoms with Crippen molar-refractivity contribution in [3.63, 3.8) is 0 Å². The summed E-state index contributed by atoms with van der Waals surface area (Å²) in [6, 6.07) is 0.129. The van der Waals surface area contributed by atoms with Gasteiger partial charge in [0.05, 0.1) is 11.9 Å². The highest BCUT2D eigenvalue weighted by atomic mass is 19.2. The highest BCUT2D eigenvalue weighted by Gasteiger charge is 2.27. The highest BCUT2D eigenvalue weighted by Crippen LogP contribution is 2.25. The first-order valence-corrected chi connectivity index (χ1v) is 5.99. The van der Waals surface area contributed by atoms with Crippen LogP contribution in [0.4, 0.5) is 22.0 Å². The predicted octanol–water partition coefficient (Wildman–Crippen LogP) is 2.46. The summed E-state index contributed by atoms with van der Waals surface area (Å²) in [6.45, 7) is 3.98. The van der Waals surface area contributed by atoms with Gasteiger partial charge in [-0.15, -0.1) is 5.10 Å². The van der Waals surface area contributed by atoms with Gasteiger partial charge in [0.15, 0.2) is 23.3 Å². The number of hydrogen-bond acceptors (Lipinski definition) is 3. The molecular formula is C12H11F5N4. The van der Waals surface area contributed by atoms with Crippen molar-refractivity contribution >= 4 is 0 Å². The standard InChI is InChI=1S/C12H11F5N4/c1-5(2)18-3-6-4-21(20-19-6)12-10(16)8(14)7(13)9(15)11(12)17/h4-5,18H,3H2,1-2H3. The molecule has 9 heteroatoms.